The van der Waals surface area contributed by atoms with Crippen molar-refractivity contribution < 1.29 is 9.53 Å². The van der Waals surface area contributed by atoms with Crippen LogP contribution in [0.3, 0.4) is 0 Å². The number of hydrogen-bond acceptors (Lipinski definition) is 8. The number of carbonyl (C=O) groups is 1. The highest BCUT2D eigenvalue weighted by atomic mass is 16.5. The fraction of sp³-hybridized carbons (Fsp3) is 0.583. The van der Waals surface area contributed by atoms with Gasteiger partial charge in [-0.2, -0.15) is 0 Å². The van der Waals surface area contributed by atoms with Gasteiger partial charge in [0.15, 0.2) is 17.0 Å². The summed E-state index contributed by atoms with van der Waals surface area (Å²) in [6.07, 6.45) is 5.03. The molecule has 1 aliphatic heterocycles. The van der Waals surface area contributed by atoms with Crippen molar-refractivity contribution in [2.75, 3.05) is 18.4 Å². The number of nitrogens with one attached hydrogen (secondary N) is 1. The Bertz CT molecular complexity index is 1160. The number of imidazole rings is 1. The van der Waals surface area contributed by atoms with Gasteiger partial charge in [0.05, 0.1) is 17.8 Å². The average molecular weight is 467 g/mol. The van der Waals surface area contributed by atoms with Gasteiger partial charge in [-0.25, -0.2) is 24.9 Å². The highest BCUT2D eigenvalue weighted by molar-refractivity contribution is 5.91. The zero-order valence-electron chi connectivity index (χ0n) is 21.0. The molecule has 1 N–H and O–H groups in total. The van der Waals surface area contributed by atoms with Crippen molar-refractivity contribution in [3.63, 3.8) is 0 Å². The Balaban J connectivity index is 1.73. The molecule has 3 aromatic heterocycles. The monoisotopic (exact) mass is 466 g/mol. The molecule has 1 amide bonds. The molecule has 4 rings (SSSR count). The van der Waals surface area contributed by atoms with Gasteiger partial charge in [0, 0.05) is 32.0 Å². The summed E-state index contributed by atoms with van der Waals surface area (Å²) in [4.78, 5) is 38.1. The normalized spacial score (nSPS) is 19.9. The van der Waals surface area contributed by atoms with Crippen LogP contribution in [-0.2, 0) is 16.1 Å². The van der Waals surface area contributed by atoms with Gasteiger partial charge in [0.2, 0.25) is 5.91 Å². The van der Waals surface area contributed by atoms with Crippen LogP contribution in [0.15, 0.2) is 18.7 Å². The lowest BCUT2D eigenvalue weighted by molar-refractivity contribution is -0.146. The molecule has 10 heteroatoms. The average Bonchev–Trinajstić information content (AvgIpc) is 3.15. The predicted octanol–water partition coefficient (Wildman–Crippen LogP) is 3.07. The van der Waals surface area contributed by atoms with Crippen LogP contribution in [-0.4, -0.2) is 71.6 Å². The summed E-state index contributed by atoms with van der Waals surface area (Å²) in [6, 6.07) is -0.499. The summed E-state index contributed by atoms with van der Waals surface area (Å²) >= 11 is 0. The molecule has 1 aliphatic rings. The highest BCUT2D eigenvalue weighted by Crippen LogP contribution is 2.30. The van der Waals surface area contributed by atoms with E-state index in [1.54, 1.807) is 12.4 Å². The number of ether oxygens (including phenoxy) is 1. The van der Waals surface area contributed by atoms with E-state index in [-0.39, 0.29) is 23.5 Å². The molecular formula is C24H34N8O2. The molecule has 4 heterocycles. The van der Waals surface area contributed by atoms with Crippen LogP contribution in [0.25, 0.3) is 22.6 Å². The molecule has 0 bridgehead atoms. The second kappa shape index (κ2) is 9.25. The van der Waals surface area contributed by atoms with Gasteiger partial charge in [-0.15, -0.1) is 0 Å². The van der Waals surface area contributed by atoms with Crippen molar-refractivity contribution in [1.82, 2.24) is 34.4 Å². The standard InChI is InChI=1S/C24H34N8O2/c1-8-32-21(17-9-25-16(4)26-10-17)29-18-20(27-13-28-22(18)32)30-19(24(5,6)7)23(33)31-11-14(2)34-15(3)12-31/h9-10,13-15,19H,8,11-12H2,1-7H3,(H,27,28,30)/t14?,15?,19-/m1/s1. The SMILES string of the molecule is CCn1c(-c2cnc(C)nc2)nc2c(N[C@H](C(=O)N3CC(C)OC(C)C3)C(C)(C)C)ncnc21. The molecular weight excluding hydrogens is 432 g/mol. The Morgan fingerprint density at radius 3 is 2.38 bits per heavy atom. The Morgan fingerprint density at radius 2 is 1.79 bits per heavy atom. The summed E-state index contributed by atoms with van der Waals surface area (Å²) in [6.45, 7) is 15.8. The molecule has 0 aromatic carbocycles. The molecule has 3 aromatic rings. The molecule has 1 fully saturated rings. The number of aromatic nitrogens is 6. The Kier molecular flexibility index (Phi) is 6.53. The number of fused-ring (bicyclic) bond motifs is 1. The van der Waals surface area contributed by atoms with E-state index in [0.29, 0.717) is 42.4 Å². The first-order valence-corrected chi connectivity index (χ1v) is 11.8. The first kappa shape index (κ1) is 24.0. The number of rotatable bonds is 5. The number of aryl methyl sites for hydroxylation is 2. The Morgan fingerprint density at radius 1 is 1.15 bits per heavy atom. The molecule has 34 heavy (non-hydrogen) atoms. The van der Waals surface area contributed by atoms with Gasteiger partial charge in [-0.3, -0.25) is 4.79 Å². The van der Waals surface area contributed by atoms with Crippen molar-refractivity contribution in [3.05, 3.63) is 24.5 Å². The number of anilines is 1. The van der Waals surface area contributed by atoms with Crippen molar-refractivity contribution in [3.8, 4) is 11.4 Å². The van der Waals surface area contributed by atoms with E-state index < -0.39 is 6.04 Å². The molecule has 3 atom stereocenters. The van der Waals surface area contributed by atoms with Crippen LogP contribution >= 0.6 is 0 Å². The summed E-state index contributed by atoms with van der Waals surface area (Å²) in [5, 5.41) is 3.42. The van der Waals surface area contributed by atoms with Gasteiger partial charge < -0.3 is 19.5 Å². The van der Waals surface area contributed by atoms with Gasteiger partial charge in [0.1, 0.15) is 24.0 Å². The minimum Gasteiger partial charge on any atom is -0.372 e. The van der Waals surface area contributed by atoms with E-state index >= 15 is 0 Å². The third-order valence-corrected chi connectivity index (χ3v) is 6.01. The van der Waals surface area contributed by atoms with Crippen LogP contribution in [0, 0.1) is 12.3 Å². The van der Waals surface area contributed by atoms with E-state index in [1.807, 2.05) is 57.9 Å². The van der Waals surface area contributed by atoms with Crippen molar-refractivity contribution in [2.45, 2.75) is 73.3 Å². The molecule has 1 saturated heterocycles. The van der Waals surface area contributed by atoms with Gasteiger partial charge >= 0.3 is 0 Å². The maximum absolute atomic E-state index is 13.7. The zero-order valence-corrected chi connectivity index (χ0v) is 21.0. The summed E-state index contributed by atoms with van der Waals surface area (Å²) < 4.78 is 7.84. The van der Waals surface area contributed by atoms with Crippen molar-refractivity contribution >= 4 is 22.9 Å². The quantitative estimate of drug-likeness (QED) is 0.611. The summed E-state index contributed by atoms with van der Waals surface area (Å²) in [5.74, 6) is 1.98. The Labute approximate surface area is 200 Å². The lowest BCUT2D eigenvalue weighted by Gasteiger charge is -2.40. The van der Waals surface area contributed by atoms with Crippen LogP contribution < -0.4 is 5.32 Å². The second-order valence-corrected chi connectivity index (χ2v) is 10.0. The van der Waals surface area contributed by atoms with Crippen molar-refractivity contribution in [2.24, 2.45) is 5.41 Å². The van der Waals surface area contributed by atoms with Gasteiger partial charge in [-0.1, -0.05) is 20.8 Å². The first-order chi connectivity index (χ1) is 16.1. The van der Waals surface area contributed by atoms with Gasteiger partial charge in [-0.05, 0) is 33.1 Å². The number of nitrogens with zero attached hydrogens (tertiary/aromatic N) is 7. The van der Waals surface area contributed by atoms with E-state index in [0.717, 1.165) is 11.4 Å². The van der Waals surface area contributed by atoms with Gasteiger partial charge in [0.25, 0.3) is 0 Å². The predicted molar refractivity (Wildman–Crippen MR) is 130 cm³/mol. The first-order valence-electron chi connectivity index (χ1n) is 11.8. The molecule has 0 spiro atoms. The third-order valence-electron chi connectivity index (χ3n) is 6.01. The molecule has 0 saturated carbocycles. The summed E-state index contributed by atoms with van der Waals surface area (Å²) in [5.41, 5.74) is 1.76. The smallest absolute Gasteiger partial charge is 0.245 e. The fourth-order valence-electron chi connectivity index (χ4n) is 4.40. The van der Waals surface area contributed by atoms with Crippen molar-refractivity contribution in [1.29, 1.82) is 0 Å². The topological polar surface area (TPSA) is 111 Å². The van der Waals surface area contributed by atoms with Crippen LogP contribution in [0.5, 0.6) is 0 Å². The van der Waals surface area contributed by atoms with Crippen LogP contribution in [0.1, 0.15) is 47.4 Å². The minimum atomic E-state index is -0.499. The highest BCUT2D eigenvalue weighted by Gasteiger charge is 2.38. The number of morpholine rings is 1. The molecule has 2 unspecified atom stereocenters. The second-order valence-electron chi connectivity index (χ2n) is 10.0. The zero-order chi connectivity index (χ0) is 24.6. The molecule has 0 aliphatic carbocycles. The maximum atomic E-state index is 13.7. The largest absolute Gasteiger partial charge is 0.372 e. The number of amides is 1. The van der Waals surface area contributed by atoms with E-state index in [4.69, 9.17) is 9.72 Å². The minimum absolute atomic E-state index is 0.00128. The number of hydrogen-bond donors (Lipinski definition) is 1. The van der Waals surface area contributed by atoms with E-state index in [9.17, 15) is 4.79 Å². The van der Waals surface area contributed by atoms with Crippen LogP contribution in [0.2, 0.25) is 0 Å². The lowest BCUT2D eigenvalue weighted by atomic mass is 9.85. The fourth-order valence-corrected chi connectivity index (χ4v) is 4.40. The van der Waals surface area contributed by atoms with E-state index in [1.165, 1.54) is 6.33 Å². The van der Waals surface area contributed by atoms with E-state index in [2.05, 4.69) is 25.3 Å². The molecule has 0 radical (unpaired) electrons. The lowest BCUT2D eigenvalue weighted by Crippen LogP contribution is -2.55. The summed E-state index contributed by atoms with van der Waals surface area (Å²) in [7, 11) is 0. The Hall–Kier alpha value is -3.14. The maximum Gasteiger partial charge on any atom is 0.245 e. The van der Waals surface area contributed by atoms with Crippen LogP contribution in [0.4, 0.5) is 5.82 Å². The molecule has 182 valence electrons. The third kappa shape index (κ3) is 4.72. The number of carbonyl (C=O) groups excluding carboxylic acids is 1. The molecule has 10 nitrogen and oxygen atoms in total.